The van der Waals surface area contributed by atoms with E-state index in [-0.39, 0.29) is 0 Å². The third-order valence-electron chi connectivity index (χ3n) is 3.84. The van der Waals surface area contributed by atoms with Crippen molar-refractivity contribution in [1.29, 1.82) is 0 Å². The molecular formula is C16H24ClNO. The van der Waals surface area contributed by atoms with Gasteiger partial charge in [0.1, 0.15) is 0 Å². The van der Waals surface area contributed by atoms with E-state index in [0.717, 1.165) is 43.2 Å². The first kappa shape index (κ1) is 14.8. The average Bonchev–Trinajstić information content (AvgIpc) is 2.44. The maximum absolute atomic E-state index is 6.27. The Hall–Kier alpha value is -0.570. The van der Waals surface area contributed by atoms with Crippen LogP contribution in [0.3, 0.4) is 0 Å². The van der Waals surface area contributed by atoms with Crippen LogP contribution in [0, 0.1) is 12.8 Å². The Morgan fingerprint density at radius 3 is 2.95 bits per heavy atom. The Kier molecular flexibility index (Phi) is 5.68. The van der Waals surface area contributed by atoms with Gasteiger partial charge < -0.3 is 10.1 Å². The number of hydrogen-bond acceptors (Lipinski definition) is 2. The van der Waals surface area contributed by atoms with Gasteiger partial charge in [-0.1, -0.05) is 30.7 Å². The van der Waals surface area contributed by atoms with E-state index in [1.807, 2.05) is 6.92 Å². The van der Waals surface area contributed by atoms with Crippen LogP contribution in [0.1, 0.15) is 43.4 Å². The Morgan fingerprint density at radius 2 is 2.32 bits per heavy atom. The first-order chi connectivity index (χ1) is 9.22. The lowest BCUT2D eigenvalue weighted by atomic mass is 9.88. The van der Waals surface area contributed by atoms with Gasteiger partial charge in [-0.3, -0.25) is 0 Å². The van der Waals surface area contributed by atoms with Crippen LogP contribution >= 0.6 is 11.6 Å². The van der Waals surface area contributed by atoms with E-state index in [9.17, 15) is 0 Å². The average molecular weight is 282 g/mol. The number of nitrogens with one attached hydrogen (secondary N) is 1. The Balaban J connectivity index is 2.17. The van der Waals surface area contributed by atoms with Crippen molar-refractivity contribution in [2.75, 3.05) is 19.8 Å². The molecule has 2 atom stereocenters. The summed E-state index contributed by atoms with van der Waals surface area (Å²) in [6.45, 7) is 7.04. The van der Waals surface area contributed by atoms with Gasteiger partial charge in [-0.25, -0.2) is 0 Å². The number of hydrogen-bond donors (Lipinski definition) is 1. The van der Waals surface area contributed by atoms with Crippen molar-refractivity contribution in [1.82, 2.24) is 5.32 Å². The molecule has 0 spiro atoms. The highest BCUT2D eigenvalue weighted by Crippen LogP contribution is 2.31. The minimum atomic E-state index is 0.360. The van der Waals surface area contributed by atoms with Gasteiger partial charge in [0.15, 0.2) is 0 Å². The third-order valence-corrected chi connectivity index (χ3v) is 4.24. The highest BCUT2D eigenvalue weighted by atomic mass is 35.5. The summed E-state index contributed by atoms with van der Waals surface area (Å²) >= 11 is 6.27. The molecule has 1 aromatic carbocycles. The molecule has 19 heavy (non-hydrogen) atoms. The van der Waals surface area contributed by atoms with Gasteiger partial charge in [0, 0.05) is 23.6 Å². The van der Waals surface area contributed by atoms with Crippen LogP contribution in [0.4, 0.5) is 0 Å². The summed E-state index contributed by atoms with van der Waals surface area (Å²) in [5, 5.41) is 4.52. The van der Waals surface area contributed by atoms with Gasteiger partial charge in [0.05, 0.1) is 6.61 Å². The van der Waals surface area contributed by atoms with Crippen LogP contribution in [0.2, 0.25) is 5.02 Å². The molecule has 1 aliphatic heterocycles. The molecule has 1 heterocycles. The fourth-order valence-corrected chi connectivity index (χ4v) is 2.88. The number of rotatable bonds is 5. The minimum absolute atomic E-state index is 0.360. The standard InChI is InChI=1S/C16H24ClNO/c1-3-8-18-16(14-5-4-9-19-11-14)13-7-6-12(2)15(17)10-13/h6-7,10,14,16,18H,3-5,8-9,11H2,1-2H3. The second kappa shape index (κ2) is 7.28. The van der Waals surface area contributed by atoms with Crippen LogP contribution in [-0.4, -0.2) is 19.8 Å². The maximum atomic E-state index is 6.27. The Morgan fingerprint density at radius 1 is 1.47 bits per heavy atom. The van der Waals surface area contributed by atoms with Crippen LogP contribution < -0.4 is 5.32 Å². The molecule has 0 amide bonds. The minimum Gasteiger partial charge on any atom is -0.381 e. The molecule has 1 aliphatic rings. The summed E-state index contributed by atoms with van der Waals surface area (Å²) in [5.74, 6) is 0.555. The molecule has 1 N–H and O–H groups in total. The van der Waals surface area contributed by atoms with Gasteiger partial charge in [-0.2, -0.15) is 0 Å². The normalized spacial score (nSPS) is 21.3. The van der Waals surface area contributed by atoms with Crippen molar-refractivity contribution >= 4 is 11.6 Å². The summed E-state index contributed by atoms with van der Waals surface area (Å²) in [5.41, 5.74) is 2.43. The molecular weight excluding hydrogens is 258 g/mol. The van der Waals surface area contributed by atoms with Crippen LogP contribution in [0.15, 0.2) is 18.2 Å². The summed E-state index contributed by atoms with van der Waals surface area (Å²) < 4.78 is 5.65. The first-order valence-electron chi connectivity index (χ1n) is 7.29. The van der Waals surface area contributed by atoms with Crippen LogP contribution in [0.25, 0.3) is 0 Å². The van der Waals surface area contributed by atoms with Gasteiger partial charge >= 0.3 is 0 Å². The van der Waals surface area contributed by atoms with E-state index in [1.54, 1.807) is 0 Å². The second-order valence-electron chi connectivity index (χ2n) is 5.42. The predicted octanol–water partition coefficient (Wildman–Crippen LogP) is 4.12. The van der Waals surface area contributed by atoms with Crippen molar-refractivity contribution in [2.45, 2.75) is 39.2 Å². The summed E-state index contributed by atoms with van der Waals surface area (Å²) in [6, 6.07) is 6.78. The quantitative estimate of drug-likeness (QED) is 0.877. The molecule has 0 radical (unpaired) electrons. The van der Waals surface area contributed by atoms with Gasteiger partial charge in [0.25, 0.3) is 0 Å². The molecule has 106 valence electrons. The molecule has 2 unspecified atom stereocenters. The first-order valence-corrected chi connectivity index (χ1v) is 7.67. The fourth-order valence-electron chi connectivity index (χ4n) is 2.69. The predicted molar refractivity (Wildman–Crippen MR) is 80.8 cm³/mol. The molecule has 0 bridgehead atoms. The Labute approximate surface area is 121 Å². The number of ether oxygens (including phenoxy) is 1. The lowest BCUT2D eigenvalue weighted by molar-refractivity contribution is 0.0390. The van der Waals surface area contributed by atoms with Crippen molar-refractivity contribution in [2.24, 2.45) is 5.92 Å². The summed E-state index contributed by atoms with van der Waals surface area (Å²) in [6.07, 6.45) is 3.53. The van der Waals surface area contributed by atoms with E-state index < -0.39 is 0 Å². The van der Waals surface area contributed by atoms with Crippen molar-refractivity contribution < 1.29 is 4.74 Å². The lowest BCUT2D eigenvalue weighted by Gasteiger charge is -2.31. The number of aryl methyl sites for hydroxylation is 1. The molecule has 2 nitrogen and oxygen atoms in total. The zero-order chi connectivity index (χ0) is 13.7. The third kappa shape index (κ3) is 3.95. The number of benzene rings is 1. The van der Waals surface area contributed by atoms with Crippen molar-refractivity contribution in [3.05, 3.63) is 34.3 Å². The van der Waals surface area contributed by atoms with Crippen molar-refractivity contribution in [3.8, 4) is 0 Å². The maximum Gasteiger partial charge on any atom is 0.0512 e. The van der Waals surface area contributed by atoms with Crippen LogP contribution in [0.5, 0.6) is 0 Å². The topological polar surface area (TPSA) is 21.3 Å². The fraction of sp³-hybridized carbons (Fsp3) is 0.625. The van der Waals surface area contributed by atoms with Crippen molar-refractivity contribution in [3.63, 3.8) is 0 Å². The molecule has 3 heteroatoms. The summed E-state index contributed by atoms with van der Waals surface area (Å²) in [7, 11) is 0. The molecule has 1 fully saturated rings. The van der Waals surface area contributed by atoms with Crippen LogP contribution in [-0.2, 0) is 4.74 Å². The largest absolute Gasteiger partial charge is 0.381 e. The molecule has 0 aliphatic carbocycles. The lowest BCUT2D eigenvalue weighted by Crippen LogP contribution is -2.33. The SMILES string of the molecule is CCCNC(c1ccc(C)c(Cl)c1)C1CCCOC1. The van der Waals surface area contributed by atoms with Gasteiger partial charge in [0.2, 0.25) is 0 Å². The zero-order valence-electron chi connectivity index (χ0n) is 11.9. The van der Waals surface area contributed by atoms with E-state index in [2.05, 4.69) is 30.4 Å². The molecule has 2 rings (SSSR count). The van der Waals surface area contributed by atoms with Gasteiger partial charge in [-0.15, -0.1) is 0 Å². The van der Waals surface area contributed by atoms with E-state index in [0.29, 0.717) is 12.0 Å². The molecule has 0 aromatic heterocycles. The van der Waals surface area contributed by atoms with E-state index in [1.165, 1.54) is 12.0 Å². The second-order valence-corrected chi connectivity index (χ2v) is 5.82. The number of halogens is 1. The molecule has 1 aromatic rings. The van der Waals surface area contributed by atoms with Gasteiger partial charge in [-0.05, 0) is 49.9 Å². The smallest absolute Gasteiger partial charge is 0.0512 e. The molecule has 1 saturated heterocycles. The monoisotopic (exact) mass is 281 g/mol. The summed E-state index contributed by atoms with van der Waals surface area (Å²) in [4.78, 5) is 0. The highest BCUT2D eigenvalue weighted by Gasteiger charge is 2.25. The van der Waals surface area contributed by atoms with E-state index in [4.69, 9.17) is 16.3 Å². The Bertz CT molecular complexity index is 402. The van der Waals surface area contributed by atoms with E-state index >= 15 is 0 Å². The highest BCUT2D eigenvalue weighted by molar-refractivity contribution is 6.31. The molecule has 0 saturated carbocycles. The zero-order valence-corrected chi connectivity index (χ0v) is 12.7.